The van der Waals surface area contributed by atoms with Crippen LogP contribution in [0.25, 0.3) is 0 Å². The normalized spacial score (nSPS) is 17.4. The Labute approximate surface area is 112 Å². The number of hydrogen-bond donors (Lipinski definition) is 3. The second-order valence-electron chi connectivity index (χ2n) is 5.52. The first-order chi connectivity index (χ1) is 8.66. The molecule has 1 fully saturated rings. The van der Waals surface area contributed by atoms with Crippen molar-refractivity contribution < 1.29 is 18.3 Å². The lowest BCUT2D eigenvalue weighted by Gasteiger charge is -2.11. The van der Waals surface area contributed by atoms with Gasteiger partial charge in [-0.2, -0.15) is 0 Å². The van der Waals surface area contributed by atoms with Crippen LogP contribution >= 0.6 is 0 Å². The molecule has 19 heavy (non-hydrogen) atoms. The molecule has 3 N–H and O–H groups in total. The van der Waals surface area contributed by atoms with E-state index in [1.165, 1.54) is 6.92 Å². The maximum Gasteiger partial charge on any atom is 0.352 e. The summed E-state index contributed by atoms with van der Waals surface area (Å²) in [4.78, 5) is 13.7. The smallest absolute Gasteiger partial charge is 0.352 e. The highest BCUT2D eigenvalue weighted by Crippen LogP contribution is 2.44. The van der Waals surface area contributed by atoms with Crippen molar-refractivity contribution in [2.75, 3.05) is 6.54 Å². The Morgan fingerprint density at radius 1 is 1.42 bits per heavy atom. The Hall–Kier alpha value is -1.34. The van der Waals surface area contributed by atoms with Crippen LogP contribution in [0.1, 0.15) is 41.5 Å². The van der Waals surface area contributed by atoms with Crippen LogP contribution in [-0.2, 0) is 10.0 Å². The Kier molecular flexibility index (Phi) is 3.22. The number of aryl methyl sites for hydroxylation is 1. The van der Waals surface area contributed by atoms with E-state index in [-0.39, 0.29) is 21.6 Å². The SMILES string of the molecule is Cc1[nH]c(C(=O)O)c(C)c1S(=O)(=O)NCC1(C)CC1. The summed E-state index contributed by atoms with van der Waals surface area (Å²) in [5.74, 6) is -1.16. The highest BCUT2D eigenvalue weighted by molar-refractivity contribution is 7.89. The predicted octanol–water partition coefficient (Wildman–Crippen LogP) is 1.41. The van der Waals surface area contributed by atoms with Crippen molar-refractivity contribution in [3.63, 3.8) is 0 Å². The van der Waals surface area contributed by atoms with Crippen LogP contribution in [0, 0.1) is 19.3 Å². The highest BCUT2D eigenvalue weighted by atomic mass is 32.2. The van der Waals surface area contributed by atoms with Crippen LogP contribution in [0.2, 0.25) is 0 Å². The summed E-state index contributed by atoms with van der Waals surface area (Å²) in [6.07, 6.45) is 2.03. The van der Waals surface area contributed by atoms with Gasteiger partial charge in [-0.3, -0.25) is 0 Å². The van der Waals surface area contributed by atoms with Crippen LogP contribution in [0.15, 0.2) is 4.90 Å². The average molecular weight is 286 g/mol. The van der Waals surface area contributed by atoms with Gasteiger partial charge in [0.05, 0.1) is 0 Å². The van der Waals surface area contributed by atoms with Gasteiger partial charge in [0.2, 0.25) is 10.0 Å². The summed E-state index contributed by atoms with van der Waals surface area (Å²) in [7, 11) is -3.67. The van der Waals surface area contributed by atoms with Gasteiger partial charge in [-0.1, -0.05) is 6.92 Å². The zero-order valence-corrected chi connectivity index (χ0v) is 12.0. The molecule has 2 rings (SSSR count). The van der Waals surface area contributed by atoms with Crippen molar-refractivity contribution in [2.24, 2.45) is 5.41 Å². The molecule has 0 atom stereocenters. The molecule has 0 aromatic carbocycles. The van der Waals surface area contributed by atoms with Crippen LogP contribution in [0.3, 0.4) is 0 Å². The van der Waals surface area contributed by atoms with Crippen LogP contribution in [0.5, 0.6) is 0 Å². The van der Waals surface area contributed by atoms with Gasteiger partial charge >= 0.3 is 5.97 Å². The van der Waals surface area contributed by atoms with E-state index in [4.69, 9.17) is 5.11 Å². The van der Waals surface area contributed by atoms with E-state index in [9.17, 15) is 13.2 Å². The minimum atomic E-state index is -3.67. The molecule has 0 radical (unpaired) electrons. The van der Waals surface area contributed by atoms with E-state index in [1.807, 2.05) is 6.92 Å². The van der Waals surface area contributed by atoms with E-state index in [1.54, 1.807) is 6.92 Å². The number of H-pyrrole nitrogens is 1. The van der Waals surface area contributed by atoms with E-state index < -0.39 is 16.0 Å². The molecule has 1 heterocycles. The molecule has 1 aliphatic carbocycles. The lowest BCUT2D eigenvalue weighted by atomic mass is 10.2. The van der Waals surface area contributed by atoms with Crippen LogP contribution in [-0.4, -0.2) is 31.0 Å². The fraction of sp³-hybridized carbons (Fsp3) is 0.583. The van der Waals surface area contributed by atoms with E-state index in [0.29, 0.717) is 12.2 Å². The Balaban J connectivity index is 2.32. The first-order valence-corrected chi connectivity index (χ1v) is 7.57. The standard InChI is InChI=1S/C12H18N2O4S/c1-7-9(11(15)16)14-8(2)10(7)19(17,18)13-6-12(3)4-5-12/h13-14H,4-6H2,1-3H3,(H,15,16). The Bertz CT molecular complexity index is 626. The molecule has 0 spiro atoms. The molecule has 1 aliphatic rings. The second kappa shape index (κ2) is 4.35. The lowest BCUT2D eigenvalue weighted by Crippen LogP contribution is -2.29. The number of hydrogen-bond acceptors (Lipinski definition) is 3. The summed E-state index contributed by atoms with van der Waals surface area (Å²) >= 11 is 0. The third-order valence-electron chi connectivity index (χ3n) is 3.64. The third kappa shape index (κ3) is 2.66. The number of carboxylic acids is 1. The Morgan fingerprint density at radius 2 is 2.00 bits per heavy atom. The van der Waals surface area contributed by atoms with Gasteiger partial charge in [0.15, 0.2) is 0 Å². The number of aromatic nitrogens is 1. The molecule has 106 valence electrons. The summed E-state index contributed by atoms with van der Waals surface area (Å²) in [5, 5.41) is 8.99. The molecular weight excluding hydrogens is 268 g/mol. The predicted molar refractivity (Wildman–Crippen MR) is 69.8 cm³/mol. The largest absolute Gasteiger partial charge is 0.477 e. The first kappa shape index (κ1) is 14.1. The molecule has 0 aliphatic heterocycles. The number of rotatable bonds is 5. The van der Waals surface area contributed by atoms with Crippen molar-refractivity contribution in [1.82, 2.24) is 9.71 Å². The molecule has 0 unspecified atom stereocenters. The summed E-state index contributed by atoms with van der Waals surface area (Å²) in [5.41, 5.74) is 0.582. The minimum Gasteiger partial charge on any atom is -0.477 e. The van der Waals surface area contributed by atoms with Gasteiger partial charge in [0.25, 0.3) is 0 Å². The molecule has 6 nitrogen and oxygen atoms in total. The fourth-order valence-corrected chi connectivity index (χ4v) is 3.72. The number of carbonyl (C=O) groups is 1. The van der Waals surface area contributed by atoms with Crippen molar-refractivity contribution in [3.8, 4) is 0 Å². The molecular formula is C12H18N2O4S. The molecule has 0 amide bonds. The maximum atomic E-state index is 12.3. The topological polar surface area (TPSA) is 99.3 Å². The minimum absolute atomic E-state index is 0.0501. The van der Waals surface area contributed by atoms with Gasteiger partial charge in [-0.05, 0) is 32.1 Å². The fourth-order valence-electron chi connectivity index (χ4n) is 2.08. The van der Waals surface area contributed by atoms with E-state index in [2.05, 4.69) is 9.71 Å². The highest BCUT2D eigenvalue weighted by Gasteiger charge is 2.38. The van der Waals surface area contributed by atoms with Crippen molar-refractivity contribution in [1.29, 1.82) is 0 Å². The zero-order chi connectivity index (χ0) is 14.4. The number of nitrogens with one attached hydrogen (secondary N) is 2. The third-order valence-corrected chi connectivity index (χ3v) is 5.32. The number of aromatic amines is 1. The van der Waals surface area contributed by atoms with Gasteiger partial charge in [-0.25, -0.2) is 17.9 Å². The zero-order valence-electron chi connectivity index (χ0n) is 11.2. The molecule has 0 bridgehead atoms. The molecule has 1 saturated carbocycles. The van der Waals surface area contributed by atoms with Gasteiger partial charge in [-0.15, -0.1) is 0 Å². The molecule has 1 aromatic heterocycles. The van der Waals surface area contributed by atoms with Crippen LogP contribution < -0.4 is 4.72 Å². The van der Waals surface area contributed by atoms with Crippen molar-refractivity contribution >= 4 is 16.0 Å². The molecule has 7 heteroatoms. The lowest BCUT2D eigenvalue weighted by molar-refractivity contribution is 0.0690. The van der Waals surface area contributed by atoms with Crippen molar-refractivity contribution in [2.45, 2.75) is 38.5 Å². The number of aromatic carboxylic acids is 1. The summed E-state index contributed by atoms with van der Waals surface area (Å²) < 4.78 is 27.1. The van der Waals surface area contributed by atoms with E-state index >= 15 is 0 Å². The molecule has 0 saturated heterocycles. The van der Waals surface area contributed by atoms with Gasteiger partial charge in [0, 0.05) is 17.8 Å². The van der Waals surface area contributed by atoms with Crippen LogP contribution in [0.4, 0.5) is 0 Å². The second-order valence-corrected chi connectivity index (χ2v) is 7.22. The quantitative estimate of drug-likeness (QED) is 0.762. The summed E-state index contributed by atoms with van der Waals surface area (Å²) in [6.45, 7) is 5.48. The van der Waals surface area contributed by atoms with Gasteiger partial charge < -0.3 is 10.1 Å². The average Bonchev–Trinajstić information content (AvgIpc) is 2.93. The first-order valence-electron chi connectivity index (χ1n) is 6.08. The van der Waals surface area contributed by atoms with E-state index in [0.717, 1.165) is 12.8 Å². The number of sulfonamides is 1. The number of carboxylic acid groups (broad SMARTS) is 1. The van der Waals surface area contributed by atoms with Crippen molar-refractivity contribution in [3.05, 3.63) is 17.0 Å². The Morgan fingerprint density at radius 3 is 2.42 bits per heavy atom. The van der Waals surface area contributed by atoms with Gasteiger partial charge in [0.1, 0.15) is 10.6 Å². The monoisotopic (exact) mass is 286 g/mol. The summed E-state index contributed by atoms with van der Waals surface area (Å²) in [6, 6.07) is 0. The molecule has 1 aromatic rings. The maximum absolute atomic E-state index is 12.3.